The number of hydrogen-bond acceptors (Lipinski definition) is 3. The number of rotatable bonds is 8. The quantitative estimate of drug-likeness (QED) is 0.741. The number of anilines is 1. The summed E-state index contributed by atoms with van der Waals surface area (Å²) < 4.78 is 0. The van der Waals surface area contributed by atoms with Gasteiger partial charge in [-0.3, -0.25) is 4.90 Å². The molecule has 0 saturated carbocycles. The first-order valence-corrected chi connectivity index (χ1v) is 8.54. The van der Waals surface area contributed by atoms with Crippen LogP contribution in [0.5, 0.6) is 0 Å². The smallest absolute Gasteiger partial charge is 0.0355 e. The first-order chi connectivity index (χ1) is 10.2. The number of benzene rings is 1. The van der Waals surface area contributed by atoms with Gasteiger partial charge in [0.25, 0.3) is 0 Å². The molecule has 1 heterocycles. The lowest BCUT2D eigenvalue weighted by Crippen LogP contribution is -2.34. The van der Waals surface area contributed by atoms with Crippen LogP contribution in [0.25, 0.3) is 0 Å². The lowest BCUT2D eigenvalue weighted by Gasteiger charge is -2.28. The molecule has 0 aromatic heterocycles. The van der Waals surface area contributed by atoms with Crippen molar-refractivity contribution in [3.05, 3.63) is 29.3 Å². The Morgan fingerprint density at radius 3 is 2.67 bits per heavy atom. The maximum absolute atomic E-state index is 5.96. The fourth-order valence-electron chi connectivity index (χ4n) is 3.39. The summed E-state index contributed by atoms with van der Waals surface area (Å²) in [4.78, 5) is 5.16. The van der Waals surface area contributed by atoms with Gasteiger partial charge in [-0.25, -0.2) is 0 Å². The molecule has 3 heteroatoms. The molecule has 0 radical (unpaired) electrons. The molecule has 2 N–H and O–H groups in total. The van der Waals surface area contributed by atoms with Crippen molar-refractivity contribution in [3.8, 4) is 0 Å². The maximum atomic E-state index is 5.96. The number of nitrogen functional groups attached to an aromatic ring is 1. The second-order valence-corrected chi connectivity index (χ2v) is 6.11. The summed E-state index contributed by atoms with van der Waals surface area (Å²) in [6.45, 7) is 12.4. The molecule has 0 amide bonds. The van der Waals surface area contributed by atoms with Crippen LogP contribution < -0.4 is 5.73 Å². The summed E-state index contributed by atoms with van der Waals surface area (Å²) in [5.41, 5.74) is 9.81. The number of unbranched alkanes of at least 4 members (excludes halogenated alkanes) is 1. The highest BCUT2D eigenvalue weighted by molar-refractivity contribution is 5.47. The van der Waals surface area contributed by atoms with Gasteiger partial charge in [0.15, 0.2) is 0 Å². The van der Waals surface area contributed by atoms with Crippen LogP contribution in [0.3, 0.4) is 0 Å². The van der Waals surface area contributed by atoms with E-state index in [1.807, 2.05) is 0 Å². The second-order valence-electron chi connectivity index (χ2n) is 6.11. The molecule has 3 nitrogen and oxygen atoms in total. The van der Waals surface area contributed by atoms with Crippen molar-refractivity contribution in [3.63, 3.8) is 0 Å². The van der Waals surface area contributed by atoms with Crippen LogP contribution >= 0.6 is 0 Å². The molecular formula is C18H31N3. The van der Waals surface area contributed by atoms with Gasteiger partial charge in [-0.05, 0) is 42.8 Å². The number of nitrogens with zero attached hydrogens (tertiary/aromatic N) is 2. The molecule has 118 valence electrons. The lowest BCUT2D eigenvalue weighted by molar-refractivity contribution is 0.168. The van der Waals surface area contributed by atoms with Crippen molar-refractivity contribution < 1.29 is 0 Å². The molecule has 0 spiro atoms. The molecule has 21 heavy (non-hydrogen) atoms. The minimum absolute atomic E-state index is 0.594. The average molecular weight is 289 g/mol. The van der Waals surface area contributed by atoms with Crippen molar-refractivity contribution in [1.29, 1.82) is 0 Å². The molecule has 1 atom stereocenters. The third kappa shape index (κ3) is 3.98. The normalized spacial score (nSPS) is 18.4. The zero-order valence-corrected chi connectivity index (χ0v) is 13.9. The third-order valence-electron chi connectivity index (χ3n) is 4.77. The summed E-state index contributed by atoms with van der Waals surface area (Å²) in [6, 6.07) is 7.08. The predicted octanol–water partition coefficient (Wildman–Crippen LogP) is 3.66. The monoisotopic (exact) mass is 289 g/mol. The number of nitrogens with two attached hydrogens (primary N) is 1. The minimum Gasteiger partial charge on any atom is -0.399 e. The highest BCUT2D eigenvalue weighted by Gasteiger charge is 2.29. The van der Waals surface area contributed by atoms with Crippen LogP contribution in [-0.2, 0) is 6.54 Å². The molecule has 0 fully saturated rings. The molecule has 1 aromatic rings. The van der Waals surface area contributed by atoms with Crippen LogP contribution in [-0.4, -0.2) is 36.0 Å². The van der Waals surface area contributed by atoms with E-state index in [1.54, 1.807) is 0 Å². The summed E-state index contributed by atoms with van der Waals surface area (Å²) in [5.74, 6) is 0. The minimum atomic E-state index is 0.594. The molecule has 1 aromatic carbocycles. The van der Waals surface area contributed by atoms with E-state index < -0.39 is 0 Å². The average Bonchev–Trinajstić information content (AvgIpc) is 2.82. The van der Waals surface area contributed by atoms with E-state index in [-0.39, 0.29) is 0 Å². The Bertz CT molecular complexity index is 440. The van der Waals surface area contributed by atoms with E-state index in [9.17, 15) is 0 Å². The van der Waals surface area contributed by atoms with Crippen LogP contribution in [0.2, 0.25) is 0 Å². The van der Waals surface area contributed by atoms with Gasteiger partial charge in [-0.15, -0.1) is 0 Å². The fraction of sp³-hybridized carbons (Fsp3) is 0.667. The number of likely N-dealkylation sites (N-methyl/N-ethyl adjacent to an activating group) is 1. The summed E-state index contributed by atoms with van der Waals surface area (Å²) >= 11 is 0. The van der Waals surface area contributed by atoms with Gasteiger partial charge in [-0.2, -0.15) is 0 Å². The largest absolute Gasteiger partial charge is 0.399 e. The van der Waals surface area contributed by atoms with E-state index in [1.165, 1.54) is 36.9 Å². The zero-order valence-electron chi connectivity index (χ0n) is 13.9. The Morgan fingerprint density at radius 1 is 1.24 bits per heavy atom. The number of hydrogen-bond donors (Lipinski definition) is 1. The molecule has 1 unspecified atom stereocenters. The van der Waals surface area contributed by atoms with Gasteiger partial charge in [0.05, 0.1) is 0 Å². The summed E-state index contributed by atoms with van der Waals surface area (Å²) in [5, 5.41) is 0. The highest BCUT2D eigenvalue weighted by Crippen LogP contribution is 2.37. The zero-order chi connectivity index (χ0) is 15.2. The molecule has 0 aliphatic carbocycles. The first kappa shape index (κ1) is 16.3. The van der Waals surface area contributed by atoms with Crippen LogP contribution in [0, 0.1) is 0 Å². The van der Waals surface area contributed by atoms with Crippen molar-refractivity contribution in [1.82, 2.24) is 9.80 Å². The van der Waals surface area contributed by atoms with Crippen LogP contribution in [0.4, 0.5) is 5.69 Å². The maximum Gasteiger partial charge on any atom is 0.0355 e. The Balaban J connectivity index is 2.06. The fourth-order valence-corrected chi connectivity index (χ4v) is 3.39. The third-order valence-corrected chi connectivity index (χ3v) is 4.77. The second kappa shape index (κ2) is 7.81. The van der Waals surface area contributed by atoms with Crippen molar-refractivity contribution >= 4 is 5.69 Å². The van der Waals surface area contributed by atoms with Crippen molar-refractivity contribution in [2.24, 2.45) is 0 Å². The van der Waals surface area contributed by atoms with Gasteiger partial charge >= 0.3 is 0 Å². The van der Waals surface area contributed by atoms with E-state index >= 15 is 0 Å². The topological polar surface area (TPSA) is 32.5 Å². The molecule has 1 aliphatic heterocycles. The van der Waals surface area contributed by atoms with E-state index in [2.05, 4.69) is 48.8 Å². The van der Waals surface area contributed by atoms with Crippen LogP contribution in [0.15, 0.2) is 18.2 Å². The van der Waals surface area contributed by atoms with E-state index in [0.717, 1.165) is 31.9 Å². The lowest BCUT2D eigenvalue weighted by atomic mass is 10.00. The molecule has 0 bridgehead atoms. The van der Waals surface area contributed by atoms with E-state index in [0.29, 0.717) is 6.04 Å². The van der Waals surface area contributed by atoms with Gasteiger partial charge in [0.2, 0.25) is 0 Å². The van der Waals surface area contributed by atoms with E-state index in [4.69, 9.17) is 5.73 Å². The molecule has 0 saturated heterocycles. The Labute approximate surface area is 130 Å². The summed E-state index contributed by atoms with van der Waals surface area (Å²) in [6.07, 6.45) is 3.84. The van der Waals surface area contributed by atoms with Gasteiger partial charge in [-0.1, -0.05) is 39.7 Å². The Hall–Kier alpha value is -1.06. The molecular weight excluding hydrogens is 258 g/mol. The Morgan fingerprint density at radius 2 is 2.00 bits per heavy atom. The van der Waals surface area contributed by atoms with Gasteiger partial charge < -0.3 is 10.6 Å². The highest BCUT2D eigenvalue weighted by atomic mass is 15.2. The SMILES string of the molecule is CCCCC1c2ccc(N)cc2CN1CCN(CC)CC. The first-order valence-electron chi connectivity index (χ1n) is 8.54. The molecule has 2 rings (SSSR count). The standard InChI is InChI=1S/C18H31N3/c1-4-7-8-18-17-10-9-16(19)13-15(17)14-21(18)12-11-20(5-2)6-3/h9-10,13,18H,4-8,11-12,14,19H2,1-3H3. The summed E-state index contributed by atoms with van der Waals surface area (Å²) in [7, 11) is 0. The molecule has 1 aliphatic rings. The number of fused-ring (bicyclic) bond motifs is 1. The van der Waals surface area contributed by atoms with Crippen LogP contribution in [0.1, 0.15) is 57.2 Å². The van der Waals surface area contributed by atoms with Gasteiger partial charge in [0.1, 0.15) is 0 Å². The Kier molecular flexibility index (Phi) is 6.07. The van der Waals surface area contributed by atoms with Crippen molar-refractivity contribution in [2.75, 3.05) is 31.9 Å². The van der Waals surface area contributed by atoms with Crippen molar-refractivity contribution in [2.45, 2.75) is 52.6 Å². The van der Waals surface area contributed by atoms with Gasteiger partial charge in [0, 0.05) is 31.4 Å². The predicted molar refractivity (Wildman–Crippen MR) is 91.3 cm³/mol.